The Hall–Kier alpha value is -2.58. The Morgan fingerprint density at radius 2 is 1.88 bits per heavy atom. The fraction of sp³-hybridized carbons (Fsp3) is 0.600. The van der Waals surface area contributed by atoms with E-state index in [0.29, 0.717) is 30.7 Å². The molecule has 1 aromatic carbocycles. The summed E-state index contributed by atoms with van der Waals surface area (Å²) in [5, 5.41) is 6.69. The highest BCUT2D eigenvalue weighted by molar-refractivity contribution is 5.91. The fourth-order valence-electron chi connectivity index (χ4n) is 4.00. The second-order valence-corrected chi connectivity index (χ2v) is 8.97. The molecule has 0 bridgehead atoms. The van der Waals surface area contributed by atoms with Crippen molar-refractivity contribution in [3.8, 4) is 0 Å². The standard InChI is InChI=1S/C25H40N6O2/c1-4-6-8-14-27-15-12-19-10-9-11-20(18-19)13-16-31-22-21(28-24(31)32)25(3,26)30-23(29-22)33-17-7-5-2/h9-11,18,27H,4-8,12-17,26H2,1-3H3,(H,28,32)(H,29,30). The highest BCUT2D eigenvalue weighted by Crippen LogP contribution is 2.29. The number of imidazole rings is 1. The molecule has 0 radical (unpaired) electrons. The molecule has 2 aromatic rings. The third-order valence-electron chi connectivity index (χ3n) is 5.95. The second-order valence-electron chi connectivity index (χ2n) is 8.97. The first-order valence-corrected chi connectivity index (χ1v) is 12.3. The molecule has 8 heteroatoms. The van der Waals surface area contributed by atoms with E-state index in [4.69, 9.17) is 10.5 Å². The number of aromatic amines is 1. The average molecular weight is 457 g/mol. The summed E-state index contributed by atoms with van der Waals surface area (Å²) in [5.74, 6) is 0.638. The predicted molar refractivity (Wildman–Crippen MR) is 135 cm³/mol. The number of amidine groups is 1. The summed E-state index contributed by atoms with van der Waals surface area (Å²) in [7, 11) is 0. The van der Waals surface area contributed by atoms with Gasteiger partial charge in [0.15, 0.2) is 5.66 Å². The minimum Gasteiger partial charge on any atom is -0.465 e. The lowest BCUT2D eigenvalue weighted by Crippen LogP contribution is -2.39. The number of ether oxygens (including phenoxy) is 1. The lowest BCUT2D eigenvalue weighted by Gasteiger charge is -2.27. The molecule has 0 saturated carbocycles. The highest BCUT2D eigenvalue weighted by atomic mass is 16.5. The SMILES string of the molecule is CCCCCNCCc1cccc(CCn2c3c([nH]c2=O)C(C)(N)N=C(OCCCC)N3)c1. The number of nitrogens with one attached hydrogen (secondary N) is 3. The minimum atomic E-state index is -1.05. The lowest BCUT2D eigenvalue weighted by atomic mass is 10.1. The molecular formula is C25H40N6O2. The van der Waals surface area contributed by atoms with Crippen LogP contribution in [0.1, 0.15) is 69.7 Å². The Morgan fingerprint density at radius 3 is 2.64 bits per heavy atom. The molecule has 1 aliphatic rings. The number of aliphatic imine (C=N–C) groups is 1. The van der Waals surface area contributed by atoms with Crippen LogP contribution in [0.2, 0.25) is 0 Å². The summed E-state index contributed by atoms with van der Waals surface area (Å²) in [5.41, 5.74) is 8.24. The van der Waals surface area contributed by atoms with Crippen LogP contribution in [0, 0.1) is 0 Å². The normalized spacial score (nSPS) is 17.4. The summed E-state index contributed by atoms with van der Waals surface area (Å²) < 4.78 is 7.45. The zero-order chi connectivity index (χ0) is 23.7. The first-order valence-electron chi connectivity index (χ1n) is 12.3. The van der Waals surface area contributed by atoms with Gasteiger partial charge in [0.05, 0.1) is 6.61 Å². The van der Waals surface area contributed by atoms with E-state index in [2.05, 4.69) is 58.7 Å². The van der Waals surface area contributed by atoms with Crippen LogP contribution in [-0.4, -0.2) is 35.3 Å². The second kappa shape index (κ2) is 12.0. The summed E-state index contributed by atoms with van der Waals surface area (Å²) >= 11 is 0. The Kier molecular flexibility index (Phi) is 9.14. The first-order chi connectivity index (χ1) is 15.9. The third kappa shape index (κ3) is 6.95. The summed E-state index contributed by atoms with van der Waals surface area (Å²) in [6, 6.07) is 8.97. The van der Waals surface area contributed by atoms with Crippen LogP contribution >= 0.6 is 0 Å². The molecule has 1 atom stereocenters. The molecule has 0 saturated heterocycles. The molecule has 0 amide bonds. The molecule has 8 nitrogen and oxygen atoms in total. The van der Waals surface area contributed by atoms with E-state index < -0.39 is 5.66 Å². The van der Waals surface area contributed by atoms with Crippen molar-refractivity contribution < 1.29 is 4.74 Å². The van der Waals surface area contributed by atoms with Gasteiger partial charge in [-0.1, -0.05) is 57.4 Å². The molecule has 1 unspecified atom stereocenters. The van der Waals surface area contributed by atoms with Crippen molar-refractivity contribution in [2.24, 2.45) is 10.7 Å². The molecule has 5 N–H and O–H groups in total. The van der Waals surface area contributed by atoms with Gasteiger partial charge >= 0.3 is 5.69 Å². The predicted octanol–water partition coefficient (Wildman–Crippen LogP) is 3.47. The van der Waals surface area contributed by atoms with E-state index in [1.807, 2.05) is 0 Å². The number of fused-ring (bicyclic) bond motifs is 1. The Balaban J connectivity index is 1.62. The number of hydrogen-bond acceptors (Lipinski definition) is 6. The molecule has 2 heterocycles. The highest BCUT2D eigenvalue weighted by Gasteiger charge is 2.34. The van der Waals surface area contributed by atoms with E-state index in [9.17, 15) is 4.79 Å². The van der Waals surface area contributed by atoms with E-state index >= 15 is 0 Å². The van der Waals surface area contributed by atoms with Crippen LogP contribution in [0.3, 0.4) is 0 Å². The molecule has 0 aliphatic carbocycles. The maximum Gasteiger partial charge on any atom is 0.327 e. The van der Waals surface area contributed by atoms with Crippen molar-refractivity contribution in [2.45, 2.75) is 77.9 Å². The average Bonchev–Trinajstić information content (AvgIpc) is 3.11. The summed E-state index contributed by atoms with van der Waals surface area (Å²) in [6.45, 7) is 9.26. The summed E-state index contributed by atoms with van der Waals surface area (Å²) in [4.78, 5) is 20.0. The molecule has 1 aromatic heterocycles. The maximum atomic E-state index is 12.7. The number of anilines is 1. The fourth-order valence-corrected chi connectivity index (χ4v) is 4.00. The molecule has 1 aliphatic heterocycles. The van der Waals surface area contributed by atoms with Crippen LogP contribution < -0.4 is 22.1 Å². The number of hydrogen-bond donors (Lipinski definition) is 4. The van der Waals surface area contributed by atoms with Gasteiger partial charge in [-0.25, -0.2) is 9.79 Å². The van der Waals surface area contributed by atoms with Gasteiger partial charge in [-0.3, -0.25) is 9.88 Å². The number of nitrogens with two attached hydrogens (primary N) is 1. The number of unbranched alkanes of at least 4 members (excludes halogenated alkanes) is 3. The molecule has 3 rings (SSSR count). The Bertz CT molecular complexity index is 976. The smallest absolute Gasteiger partial charge is 0.327 e. The molecule has 33 heavy (non-hydrogen) atoms. The van der Waals surface area contributed by atoms with Crippen LogP contribution in [-0.2, 0) is 29.8 Å². The molecule has 0 spiro atoms. The number of rotatable bonds is 13. The molecule has 182 valence electrons. The third-order valence-corrected chi connectivity index (χ3v) is 5.95. The summed E-state index contributed by atoms with van der Waals surface area (Å²) in [6.07, 6.45) is 7.47. The zero-order valence-electron chi connectivity index (χ0n) is 20.4. The van der Waals surface area contributed by atoms with Gasteiger partial charge in [-0.05, 0) is 56.8 Å². The van der Waals surface area contributed by atoms with Gasteiger partial charge < -0.3 is 20.8 Å². The topological polar surface area (TPSA) is 109 Å². The number of aryl methyl sites for hydroxylation is 1. The quantitative estimate of drug-likeness (QED) is 0.345. The maximum absolute atomic E-state index is 12.7. The van der Waals surface area contributed by atoms with Gasteiger partial charge in [-0.15, -0.1) is 0 Å². The van der Waals surface area contributed by atoms with Crippen molar-refractivity contribution >= 4 is 11.8 Å². The number of nitrogens with zero attached hydrogens (tertiary/aromatic N) is 2. The van der Waals surface area contributed by atoms with Crippen LogP contribution in [0.15, 0.2) is 34.1 Å². The number of H-pyrrole nitrogens is 1. The lowest BCUT2D eigenvalue weighted by molar-refractivity contribution is 0.285. The Labute approximate surface area is 197 Å². The van der Waals surface area contributed by atoms with Crippen molar-refractivity contribution in [1.82, 2.24) is 14.9 Å². The van der Waals surface area contributed by atoms with E-state index in [-0.39, 0.29) is 5.69 Å². The van der Waals surface area contributed by atoms with Crippen molar-refractivity contribution in [1.29, 1.82) is 0 Å². The van der Waals surface area contributed by atoms with Crippen molar-refractivity contribution in [3.05, 3.63) is 51.6 Å². The van der Waals surface area contributed by atoms with Gasteiger partial charge in [0, 0.05) is 6.54 Å². The molecule has 0 fully saturated rings. The van der Waals surface area contributed by atoms with E-state index in [0.717, 1.165) is 38.8 Å². The van der Waals surface area contributed by atoms with E-state index in [1.54, 1.807) is 11.5 Å². The monoisotopic (exact) mass is 456 g/mol. The zero-order valence-corrected chi connectivity index (χ0v) is 20.4. The van der Waals surface area contributed by atoms with Crippen LogP contribution in [0.25, 0.3) is 0 Å². The van der Waals surface area contributed by atoms with Gasteiger partial charge in [0.2, 0.25) is 0 Å². The van der Waals surface area contributed by atoms with Gasteiger partial charge in [0.25, 0.3) is 6.02 Å². The van der Waals surface area contributed by atoms with Gasteiger partial charge in [0.1, 0.15) is 11.5 Å². The van der Waals surface area contributed by atoms with Crippen LogP contribution in [0.4, 0.5) is 5.82 Å². The van der Waals surface area contributed by atoms with Crippen molar-refractivity contribution in [2.75, 3.05) is 25.0 Å². The van der Waals surface area contributed by atoms with E-state index in [1.165, 1.54) is 30.4 Å². The number of benzene rings is 1. The van der Waals surface area contributed by atoms with Crippen molar-refractivity contribution in [3.63, 3.8) is 0 Å². The number of aromatic nitrogens is 2. The van der Waals surface area contributed by atoms with Gasteiger partial charge in [-0.2, -0.15) is 0 Å². The first kappa shape index (κ1) is 25.1. The minimum absolute atomic E-state index is 0.193. The largest absolute Gasteiger partial charge is 0.465 e. The molecular weight excluding hydrogens is 416 g/mol. The van der Waals surface area contributed by atoms with Crippen LogP contribution in [0.5, 0.6) is 0 Å². The Morgan fingerprint density at radius 1 is 1.12 bits per heavy atom.